The molecule has 0 fully saturated rings. The van der Waals surface area contributed by atoms with Crippen LogP contribution in [-0.2, 0) is 16.0 Å². The number of aryl methyl sites for hydroxylation is 1. The molecule has 1 unspecified atom stereocenters. The Bertz CT molecular complexity index is 1030. The first-order valence-electron chi connectivity index (χ1n) is 10.3. The van der Waals surface area contributed by atoms with Crippen molar-refractivity contribution in [2.45, 2.75) is 26.3 Å². The van der Waals surface area contributed by atoms with Gasteiger partial charge in [-0.15, -0.1) is 0 Å². The molecule has 3 rings (SSSR count). The summed E-state index contributed by atoms with van der Waals surface area (Å²) < 4.78 is 0. The van der Waals surface area contributed by atoms with Crippen LogP contribution in [0.4, 0.5) is 5.69 Å². The summed E-state index contributed by atoms with van der Waals surface area (Å²) in [6.07, 6.45) is 0.848. The van der Waals surface area contributed by atoms with Crippen molar-refractivity contribution in [2.24, 2.45) is 0 Å². The van der Waals surface area contributed by atoms with Crippen LogP contribution in [0.15, 0.2) is 66.7 Å². The molecule has 0 aliphatic carbocycles. The molecule has 3 aromatic rings. The van der Waals surface area contributed by atoms with Crippen molar-refractivity contribution in [2.75, 3.05) is 25.5 Å². The second kappa shape index (κ2) is 10.0. The highest BCUT2D eigenvalue weighted by atomic mass is 16.2. The summed E-state index contributed by atoms with van der Waals surface area (Å²) in [7, 11) is 1.77. The van der Waals surface area contributed by atoms with E-state index in [9.17, 15) is 9.59 Å². The minimum Gasteiger partial charge on any atom is -0.348 e. The highest BCUT2D eigenvalue weighted by Gasteiger charge is 2.15. The summed E-state index contributed by atoms with van der Waals surface area (Å²) in [6, 6.07) is 21.9. The quantitative estimate of drug-likeness (QED) is 0.594. The Balaban J connectivity index is 1.54. The smallest absolute Gasteiger partial charge is 0.238 e. The molecule has 0 saturated carbocycles. The maximum Gasteiger partial charge on any atom is 0.238 e. The van der Waals surface area contributed by atoms with Crippen molar-refractivity contribution in [1.82, 2.24) is 10.2 Å². The predicted molar refractivity (Wildman–Crippen MR) is 122 cm³/mol. The number of nitrogens with one attached hydrogen (secondary N) is 2. The molecule has 2 N–H and O–H groups in total. The SMILES string of the molecule is CCc1ccccc1NC(=O)CN(C)CC(=O)NC(C)c1cccc2ccccc12. The molecule has 2 amide bonds. The Morgan fingerprint density at radius 3 is 2.37 bits per heavy atom. The van der Waals surface area contributed by atoms with E-state index in [0.717, 1.165) is 34.0 Å². The average molecular weight is 404 g/mol. The Hall–Kier alpha value is -3.18. The van der Waals surface area contributed by atoms with E-state index in [0.29, 0.717) is 0 Å². The molecule has 0 saturated heterocycles. The largest absolute Gasteiger partial charge is 0.348 e. The molecule has 156 valence electrons. The summed E-state index contributed by atoms with van der Waals surface area (Å²) in [5, 5.41) is 8.27. The second-order valence-corrected chi connectivity index (χ2v) is 7.59. The zero-order chi connectivity index (χ0) is 21.5. The minimum absolute atomic E-state index is 0.111. The lowest BCUT2D eigenvalue weighted by Gasteiger charge is -2.20. The van der Waals surface area contributed by atoms with E-state index in [2.05, 4.69) is 35.8 Å². The Labute approximate surface area is 178 Å². The van der Waals surface area contributed by atoms with Gasteiger partial charge < -0.3 is 10.6 Å². The van der Waals surface area contributed by atoms with Crippen LogP contribution in [0.5, 0.6) is 0 Å². The maximum atomic E-state index is 12.5. The van der Waals surface area contributed by atoms with Crippen LogP contribution in [0.3, 0.4) is 0 Å². The summed E-state index contributed by atoms with van der Waals surface area (Å²) in [5.74, 6) is -0.243. The van der Waals surface area contributed by atoms with E-state index >= 15 is 0 Å². The van der Waals surface area contributed by atoms with Crippen LogP contribution in [0, 0.1) is 0 Å². The van der Waals surface area contributed by atoms with Crippen LogP contribution in [-0.4, -0.2) is 36.9 Å². The van der Waals surface area contributed by atoms with E-state index in [1.165, 1.54) is 0 Å². The monoisotopic (exact) mass is 403 g/mol. The number of carbonyl (C=O) groups is 2. The normalized spacial score (nSPS) is 12.0. The number of hydrogen-bond acceptors (Lipinski definition) is 3. The van der Waals surface area contributed by atoms with E-state index in [1.807, 2.05) is 55.5 Å². The fraction of sp³-hybridized carbons (Fsp3) is 0.280. The fourth-order valence-electron chi connectivity index (χ4n) is 3.68. The zero-order valence-corrected chi connectivity index (χ0v) is 17.8. The molecule has 0 aromatic heterocycles. The molecule has 3 aromatic carbocycles. The number of likely N-dealkylation sites (N-methyl/N-ethyl adjacent to an activating group) is 1. The highest BCUT2D eigenvalue weighted by Crippen LogP contribution is 2.24. The number of fused-ring (bicyclic) bond motifs is 1. The van der Waals surface area contributed by atoms with Gasteiger partial charge in [0.25, 0.3) is 0 Å². The first kappa shape index (κ1) is 21.5. The van der Waals surface area contributed by atoms with Gasteiger partial charge in [0.2, 0.25) is 11.8 Å². The Kier molecular flexibility index (Phi) is 7.20. The maximum absolute atomic E-state index is 12.5. The number of rotatable bonds is 8. The molecule has 0 aliphatic heterocycles. The van der Waals surface area contributed by atoms with E-state index in [1.54, 1.807) is 11.9 Å². The molecular formula is C25H29N3O2. The van der Waals surface area contributed by atoms with Gasteiger partial charge in [0.15, 0.2) is 0 Å². The first-order chi connectivity index (χ1) is 14.5. The van der Waals surface area contributed by atoms with Crippen LogP contribution in [0.2, 0.25) is 0 Å². The topological polar surface area (TPSA) is 61.4 Å². The van der Waals surface area contributed by atoms with Crippen LogP contribution in [0.25, 0.3) is 10.8 Å². The molecule has 0 heterocycles. The number of hydrogen-bond donors (Lipinski definition) is 2. The lowest BCUT2D eigenvalue weighted by atomic mass is 10.00. The van der Waals surface area contributed by atoms with E-state index < -0.39 is 0 Å². The Morgan fingerprint density at radius 2 is 1.57 bits per heavy atom. The molecule has 5 heteroatoms. The van der Waals surface area contributed by atoms with Crippen molar-refractivity contribution in [3.63, 3.8) is 0 Å². The highest BCUT2D eigenvalue weighted by molar-refractivity contribution is 5.93. The van der Waals surface area contributed by atoms with Gasteiger partial charge in [-0.25, -0.2) is 0 Å². The van der Waals surface area contributed by atoms with Crippen molar-refractivity contribution >= 4 is 28.3 Å². The number of amides is 2. The number of carbonyl (C=O) groups excluding carboxylic acids is 2. The minimum atomic E-state index is -0.131. The third-order valence-electron chi connectivity index (χ3n) is 5.17. The summed E-state index contributed by atoms with van der Waals surface area (Å²) in [4.78, 5) is 26.6. The lowest BCUT2D eigenvalue weighted by molar-refractivity contribution is -0.123. The standard InChI is InChI=1S/C25H29N3O2/c1-4-19-10-6-8-15-23(19)27-25(30)17-28(3)16-24(29)26-18(2)21-14-9-12-20-11-5-7-13-22(20)21/h5-15,18H,4,16-17H2,1-3H3,(H,26,29)(H,27,30). The molecular weight excluding hydrogens is 374 g/mol. The molecule has 5 nitrogen and oxygen atoms in total. The third-order valence-corrected chi connectivity index (χ3v) is 5.17. The molecule has 0 aliphatic rings. The molecule has 30 heavy (non-hydrogen) atoms. The molecule has 0 bridgehead atoms. The van der Waals surface area contributed by atoms with Crippen LogP contribution < -0.4 is 10.6 Å². The Morgan fingerprint density at radius 1 is 0.900 bits per heavy atom. The van der Waals surface area contributed by atoms with Gasteiger partial charge in [0.05, 0.1) is 19.1 Å². The van der Waals surface area contributed by atoms with Crippen molar-refractivity contribution in [3.05, 3.63) is 77.9 Å². The molecule has 1 atom stereocenters. The fourth-order valence-corrected chi connectivity index (χ4v) is 3.68. The number of para-hydroxylation sites is 1. The lowest BCUT2D eigenvalue weighted by Crippen LogP contribution is -2.39. The molecule has 0 radical (unpaired) electrons. The van der Waals surface area contributed by atoms with Gasteiger partial charge >= 0.3 is 0 Å². The summed E-state index contributed by atoms with van der Waals surface area (Å²) in [6.45, 7) is 4.33. The van der Waals surface area contributed by atoms with Crippen LogP contribution in [0.1, 0.15) is 31.0 Å². The zero-order valence-electron chi connectivity index (χ0n) is 17.8. The van der Waals surface area contributed by atoms with Gasteiger partial charge in [0.1, 0.15) is 0 Å². The third kappa shape index (κ3) is 5.45. The summed E-state index contributed by atoms with van der Waals surface area (Å²) in [5.41, 5.74) is 3.00. The van der Waals surface area contributed by atoms with Crippen LogP contribution >= 0.6 is 0 Å². The number of benzene rings is 3. The number of anilines is 1. The second-order valence-electron chi connectivity index (χ2n) is 7.59. The van der Waals surface area contributed by atoms with Gasteiger partial charge in [-0.2, -0.15) is 0 Å². The predicted octanol–water partition coefficient (Wildman–Crippen LogP) is 4.15. The molecule has 0 spiro atoms. The van der Waals surface area contributed by atoms with E-state index in [4.69, 9.17) is 0 Å². The van der Waals surface area contributed by atoms with Crippen molar-refractivity contribution in [1.29, 1.82) is 0 Å². The van der Waals surface area contributed by atoms with Gasteiger partial charge in [-0.3, -0.25) is 14.5 Å². The first-order valence-corrected chi connectivity index (χ1v) is 10.3. The van der Waals surface area contributed by atoms with Gasteiger partial charge in [0, 0.05) is 5.69 Å². The van der Waals surface area contributed by atoms with Crippen molar-refractivity contribution in [3.8, 4) is 0 Å². The summed E-state index contributed by atoms with van der Waals surface area (Å²) >= 11 is 0. The van der Waals surface area contributed by atoms with Gasteiger partial charge in [-0.1, -0.05) is 67.6 Å². The van der Waals surface area contributed by atoms with Crippen molar-refractivity contribution < 1.29 is 9.59 Å². The van der Waals surface area contributed by atoms with E-state index in [-0.39, 0.29) is 30.9 Å². The average Bonchev–Trinajstić information content (AvgIpc) is 2.73. The van der Waals surface area contributed by atoms with Gasteiger partial charge in [-0.05, 0) is 48.4 Å². The number of nitrogens with zero attached hydrogens (tertiary/aromatic N) is 1.